The number of amides is 1. The van der Waals surface area contributed by atoms with Gasteiger partial charge in [-0.15, -0.1) is 0 Å². The lowest BCUT2D eigenvalue weighted by atomic mass is 10.2. The number of carbonyl (C=O) groups is 1. The van der Waals surface area contributed by atoms with Gasteiger partial charge in [-0.2, -0.15) is 0 Å². The van der Waals surface area contributed by atoms with Gasteiger partial charge in [0.25, 0.3) is 0 Å². The van der Waals surface area contributed by atoms with Crippen LogP contribution in [0.25, 0.3) is 6.08 Å². The monoisotopic (exact) mass is 342 g/mol. The van der Waals surface area contributed by atoms with Crippen molar-refractivity contribution in [1.82, 2.24) is 15.3 Å². The Morgan fingerprint density at radius 2 is 1.96 bits per heavy atom. The van der Waals surface area contributed by atoms with Gasteiger partial charge in [0.1, 0.15) is 0 Å². The van der Waals surface area contributed by atoms with E-state index in [2.05, 4.69) is 20.2 Å². The fourth-order valence-electron chi connectivity index (χ4n) is 2.53. The Morgan fingerprint density at radius 1 is 1.21 bits per heavy atom. The van der Waals surface area contributed by atoms with Gasteiger partial charge in [0.05, 0.1) is 12.2 Å². The molecule has 1 aliphatic rings. The largest absolute Gasteiger partial charge is 0.347 e. The number of rotatable bonds is 5. The van der Waals surface area contributed by atoms with Crippen molar-refractivity contribution in [3.05, 3.63) is 58.9 Å². The highest BCUT2D eigenvalue weighted by Gasteiger charge is 2.14. The maximum atomic E-state index is 11.9. The Morgan fingerprint density at radius 3 is 2.71 bits per heavy atom. The lowest BCUT2D eigenvalue weighted by Gasteiger charge is -2.15. The zero-order valence-electron chi connectivity index (χ0n) is 13.3. The van der Waals surface area contributed by atoms with Crippen LogP contribution >= 0.6 is 11.6 Å². The topological polar surface area (TPSA) is 58.1 Å². The number of halogens is 1. The predicted octanol–water partition coefficient (Wildman–Crippen LogP) is 3.06. The molecular formula is C18H19ClN4O. The highest BCUT2D eigenvalue weighted by Crippen LogP contribution is 2.15. The van der Waals surface area contributed by atoms with Gasteiger partial charge in [0.2, 0.25) is 11.9 Å². The van der Waals surface area contributed by atoms with Gasteiger partial charge in [-0.3, -0.25) is 4.79 Å². The summed E-state index contributed by atoms with van der Waals surface area (Å²) in [7, 11) is 0. The molecule has 6 heteroatoms. The quantitative estimate of drug-likeness (QED) is 0.848. The van der Waals surface area contributed by atoms with Gasteiger partial charge in [0, 0.05) is 30.4 Å². The molecule has 1 fully saturated rings. The highest BCUT2D eigenvalue weighted by molar-refractivity contribution is 6.30. The summed E-state index contributed by atoms with van der Waals surface area (Å²) >= 11 is 5.83. The van der Waals surface area contributed by atoms with Crippen LogP contribution < -0.4 is 10.2 Å². The van der Waals surface area contributed by atoms with Crippen LogP contribution in [-0.4, -0.2) is 29.0 Å². The standard InChI is InChI=1S/C18H19ClN4O/c19-15-6-3-14(4-7-15)5-8-17(24)21-13-16-9-10-20-18(22-16)23-11-1-2-12-23/h3-10H,1-2,11-13H2,(H,21,24)/b8-5+. The third kappa shape index (κ3) is 4.55. The molecule has 0 radical (unpaired) electrons. The second-order valence-electron chi connectivity index (χ2n) is 5.64. The molecule has 1 saturated heterocycles. The van der Waals surface area contributed by atoms with Crippen LogP contribution in [0.1, 0.15) is 24.1 Å². The van der Waals surface area contributed by atoms with Gasteiger partial charge >= 0.3 is 0 Å². The van der Waals surface area contributed by atoms with E-state index in [-0.39, 0.29) is 5.91 Å². The molecule has 3 rings (SSSR count). The molecule has 5 nitrogen and oxygen atoms in total. The SMILES string of the molecule is O=C(/C=C/c1ccc(Cl)cc1)NCc1ccnc(N2CCCC2)n1. The molecule has 1 aromatic heterocycles. The number of carbonyl (C=O) groups excluding carboxylic acids is 1. The van der Waals surface area contributed by atoms with Crippen LogP contribution in [0.4, 0.5) is 5.95 Å². The first-order valence-electron chi connectivity index (χ1n) is 7.99. The van der Waals surface area contributed by atoms with Crippen LogP contribution in [0.5, 0.6) is 0 Å². The third-order valence-corrected chi connectivity index (χ3v) is 4.08. The molecule has 1 aromatic carbocycles. The van der Waals surface area contributed by atoms with E-state index in [9.17, 15) is 4.79 Å². The first kappa shape index (κ1) is 16.5. The van der Waals surface area contributed by atoms with Crippen LogP contribution in [0.15, 0.2) is 42.6 Å². The van der Waals surface area contributed by atoms with Crippen LogP contribution in [0.2, 0.25) is 5.02 Å². The van der Waals surface area contributed by atoms with E-state index in [1.807, 2.05) is 18.2 Å². The zero-order valence-corrected chi connectivity index (χ0v) is 14.0. The predicted molar refractivity (Wildman–Crippen MR) is 95.8 cm³/mol. The second kappa shape index (κ2) is 7.93. The number of benzene rings is 1. The minimum Gasteiger partial charge on any atom is -0.347 e. The molecule has 0 spiro atoms. The summed E-state index contributed by atoms with van der Waals surface area (Å²) < 4.78 is 0. The van der Waals surface area contributed by atoms with Crippen molar-refractivity contribution in [2.45, 2.75) is 19.4 Å². The number of aromatic nitrogens is 2. The van der Waals surface area contributed by atoms with E-state index in [0.717, 1.165) is 30.3 Å². The van der Waals surface area contributed by atoms with Gasteiger partial charge in [-0.25, -0.2) is 9.97 Å². The summed E-state index contributed by atoms with van der Waals surface area (Å²) in [6.07, 6.45) is 7.36. The number of hydrogen-bond donors (Lipinski definition) is 1. The van der Waals surface area contributed by atoms with E-state index < -0.39 is 0 Å². The van der Waals surface area contributed by atoms with E-state index in [0.29, 0.717) is 11.6 Å². The highest BCUT2D eigenvalue weighted by atomic mass is 35.5. The van der Waals surface area contributed by atoms with E-state index in [4.69, 9.17) is 11.6 Å². The number of hydrogen-bond acceptors (Lipinski definition) is 4. The smallest absolute Gasteiger partial charge is 0.244 e. The first-order chi connectivity index (χ1) is 11.7. The van der Waals surface area contributed by atoms with E-state index in [1.54, 1.807) is 24.4 Å². The van der Waals surface area contributed by atoms with Crippen molar-refractivity contribution in [1.29, 1.82) is 0 Å². The van der Waals surface area contributed by atoms with E-state index >= 15 is 0 Å². The summed E-state index contributed by atoms with van der Waals surface area (Å²) in [5, 5.41) is 3.51. The summed E-state index contributed by atoms with van der Waals surface area (Å²) in [5.74, 6) is 0.585. The molecule has 0 bridgehead atoms. The minimum atomic E-state index is -0.161. The Labute approximate surface area is 146 Å². The molecule has 0 atom stereocenters. The summed E-state index contributed by atoms with van der Waals surface area (Å²) in [4.78, 5) is 22.9. The number of anilines is 1. The van der Waals surface area contributed by atoms with Crippen molar-refractivity contribution in [3.63, 3.8) is 0 Å². The third-order valence-electron chi connectivity index (χ3n) is 3.83. The molecule has 2 heterocycles. The molecule has 0 saturated carbocycles. The van der Waals surface area contributed by atoms with Gasteiger partial charge < -0.3 is 10.2 Å². The fourth-order valence-corrected chi connectivity index (χ4v) is 2.66. The Balaban J connectivity index is 1.54. The van der Waals surface area contributed by atoms with Crippen molar-refractivity contribution >= 4 is 29.5 Å². The molecule has 24 heavy (non-hydrogen) atoms. The molecule has 1 N–H and O–H groups in total. The fraction of sp³-hybridized carbons (Fsp3) is 0.278. The molecule has 0 aliphatic carbocycles. The molecule has 0 unspecified atom stereocenters. The van der Waals surface area contributed by atoms with Crippen molar-refractivity contribution in [2.75, 3.05) is 18.0 Å². The summed E-state index contributed by atoms with van der Waals surface area (Å²) in [5.41, 5.74) is 1.73. The van der Waals surface area contributed by atoms with Crippen LogP contribution in [0, 0.1) is 0 Å². The van der Waals surface area contributed by atoms with E-state index in [1.165, 1.54) is 18.9 Å². The average molecular weight is 343 g/mol. The Kier molecular flexibility index (Phi) is 5.43. The first-order valence-corrected chi connectivity index (χ1v) is 8.37. The zero-order chi connectivity index (χ0) is 16.8. The van der Waals surface area contributed by atoms with Crippen LogP contribution in [0.3, 0.4) is 0 Å². The normalized spacial score (nSPS) is 14.3. The van der Waals surface area contributed by atoms with Crippen LogP contribution in [-0.2, 0) is 11.3 Å². The molecule has 124 valence electrons. The van der Waals surface area contributed by atoms with Gasteiger partial charge in [0.15, 0.2) is 0 Å². The number of nitrogens with zero attached hydrogens (tertiary/aromatic N) is 3. The van der Waals surface area contributed by atoms with Crippen molar-refractivity contribution in [2.24, 2.45) is 0 Å². The maximum absolute atomic E-state index is 11.9. The van der Waals surface area contributed by atoms with Crippen molar-refractivity contribution in [3.8, 4) is 0 Å². The maximum Gasteiger partial charge on any atom is 0.244 e. The second-order valence-corrected chi connectivity index (χ2v) is 6.08. The molecule has 1 amide bonds. The lowest BCUT2D eigenvalue weighted by Crippen LogP contribution is -2.23. The minimum absolute atomic E-state index is 0.161. The molecular weight excluding hydrogens is 324 g/mol. The lowest BCUT2D eigenvalue weighted by molar-refractivity contribution is -0.116. The van der Waals surface area contributed by atoms with Crippen molar-refractivity contribution < 1.29 is 4.79 Å². The number of nitrogens with one attached hydrogen (secondary N) is 1. The Hall–Kier alpha value is -2.40. The average Bonchev–Trinajstić information content (AvgIpc) is 3.14. The molecule has 1 aliphatic heterocycles. The Bertz CT molecular complexity index is 724. The summed E-state index contributed by atoms with van der Waals surface area (Å²) in [6.45, 7) is 2.38. The van der Waals surface area contributed by atoms with Gasteiger partial charge in [-0.1, -0.05) is 23.7 Å². The van der Waals surface area contributed by atoms with Gasteiger partial charge in [-0.05, 0) is 42.7 Å². The molecule has 2 aromatic rings. The summed E-state index contributed by atoms with van der Waals surface area (Å²) in [6, 6.07) is 9.13.